The van der Waals surface area contributed by atoms with Gasteiger partial charge in [-0.3, -0.25) is 9.69 Å². The van der Waals surface area contributed by atoms with E-state index in [1.807, 2.05) is 24.3 Å². The smallest absolute Gasteiger partial charge is 0.256 e. The van der Waals surface area contributed by atoms with Crippen molar-refractivity contribution < 1.29 is 13.2 Å². The van der Waals surface area contributed by atoms with E-state index in [0.29, 0.717) is 30.5 Å². The molecule has 11 heteroatoms. The highest BCUT2D eigenvalue weighted by molar-refractivity contribution is 7.89. The maximum Gasteiger partial charge on any atom is 0.256 e. The number of rotatable bonds is 7. The van der Waals surface area contributed by atoms with E-state index in [9.17, 15) is 13.2 Å². The minimum Gasteiger partial charge on any atom is -0.313 e. The van der Waals surface area contributed by atoms with Gasteiger partial charge >= 0.3 is 0 Å². The van der Waals surface area contributed by atoms with E-state index >= 15 is 0 Å². The van der Waals surface area contributed by atoms with E-state index in [2.05, 4.69) is 54.4 Å². The van der Waals surface area contributed by atoms with Gasteiger partial charge < -0.3 is 5.32 Å². The van der Waals surface area contributed by atoms with E-state index in [4.69, 9.17) is 4.98 Å². The molecule has 2 unspecified atom stereocenters. The average molecular weight is 693 g/mol. The van der Waals surface area contributed by atoms with Crippen molar-refractivity contribution in [1.82, 2.24) is 14.2 Å². The summed E-state index contributed by atoms with van der Waals surface area (Å²) >= 11 is 3.27. The Morgan fingerprint density at radius 1 is 0.935 bits per heavy atom. The van der Waals surface area contributed by atoms with Crippen LogP contribution in [0.25, 0.3) is 20.8 Å². The highest BCUT2D eigenvalue weighted by Crippen LogP contribution is 2.46. The number of thiazole rings is 1. The third kappa shape index (κ3) is 6.65. The first kappa shape index (κ1) is 32.8. The lowest BCUT2D eigenvalue weighted by molar-refractivity contribution is 0.102. The number of para-hydroxylation sites is 1. The zero-order valence-corrected chi connectivity index (χ0v) is 29.1. The van der Waals surface area contributed by atoms with Gasteiger partial charge in [-0.25, -0.2) is 13.4 Å². The number of aromatic nitrogens is 1. The molecule has 5 aromatic rings. The van der Waals surface area contributed by atoms with Crippen LogP contribution in [-0.4, -0.2) is 48.1 Å². The van der Waals surface area contributed by atoms with Crippen LogP contribution in [0, 0.1) is 11.8 Å². The van der Waals surface area contributed by atoms with Crippen LogP contribution in [-0.2, 0) is 29.5 Å². The van der Waals surface area contributed by atoms with Crippen molar-refractivity contribution in [3.63, 3.8) is 0 Å². The number of nitrogens with zero attached hydrogens (tertiary/aromatic N) is 3. The number of carbonyl (C=O) groups excluding carboxylic acids is 1. The summed E-state index contributed by atoms with van der Waals surface area (Å²) in [5.74, 6) is 0.377. The van der Waals surface area contributed by atoms with Crippen LogP contribution in [0.3, 0.4) is 0 Å². The maximum atomic E-state index is 13.6. The molecule has 1 N–H and O–H groups in total. The molecule has 2 atom stereocenters. The summed E-state index contributed by atoms with van der Waals surface area (Å²) in [6.45, 7) is 7.84. The van der Waals surface area contributed by atoms with Crippen molar-refractivity contribution in [1.29, 1.82) is 0 Å². The maximum absolute atomic E-state index is 13.6. The predicted octanol–water partition coefficient (Wildman–Crippen LogP) is 7.92. The van der Waals surface area contributed by atoms with Gasteiger partial charge in [0.15, 0.2) is 0 Å². The van der Waals surface area contributed by atoms with Crippen molar-refractivity contribution >= 4 is 66.2 Å². The largest absolute Gasteiger partial charge is 0.313 e. The third-order valence-electron chi connectivity index (χ3n) is 8.71. The number of anilines is 1. The fraction of sp³-hybridized carbons (Fsp3) is 0.314. The molecule has 46 heavy (non-hydrogen) atoms. The molecular formula is C35H37ClN4O3S3. The second kappa shape index (κ2) is 13.5. The summed E-state index contributed by atoms with van der Waals surface area (Å²) < 4.78 is 29.5. The standard InChI is InChI=1S/C35H36N4O3S3.ClH/c1-23-18-24(2)20-39(19-23)45(41,42)27-14-12-26(13-15-27)33(40)37-35-32(34-36-29-10-6-7-11-30(29)43-34)28-16-17-38(22-31(28)44-35)21-25-8-4-3-5-9-25;/h3-15,23-24H,16-22H2,1-2H3,(H,37,40);1H. The van der Waals surface area contributed by atoms with E-state index in [-0.39, 0.29) is 23.2 Å². The van der Waals surface area contributed by atoms with Crippen LogP contribution >= 0.6 is 35.1 Å². The highest BCUT2D eigenvalue weighted by Gasteiger charge is 2.32. The number of benzene rings is 3. The van der Waals surface area contributed by atoms with Gasteiger partial charge in [0.1, 0.15) is 10.0 Å². The number of fused-ring (bicyclic) bond motifs is 2. The predicted molar refractivity (Wildman–Crippen MR) is 191 cm³/mol. The van der Waals surface area contributed by atoms with Crippen molar-refractivity contribution in [2.24, 2.45) is 11.8 Å². The highest BCUT2D eigenvalue weighted by atomic mass is 35.5. The molecule has 2 aliphatic rings. The first-order valence-electron chi connectivity index (χ1n) is 15.4. The first-order valence-corrected chi connectivity index (χ1v) is 18.5. The molecule has 240 valence electrons. The van der Waals surface area contributed by atoms with Gasteiger partial charge in [-0.15, -0.1) is 35.1 Å². The summed E-state index contributed by atoms with van der Waals surface area (Å²) in [6, 6.07) is 25.0. The monoisotopic (exact) mass is 692 g/mol. The van der Waals surface area contributed by atoms with Gasteiger partial charge in [-0.2, -0.15) is 4.31 Å². The number of hydrogen-bond donors (Lipinski definition) is 1. The van der Waals surface area contributed by atoms with Gasteiger partial charge in [-0.1, -0.05) is 56.3 Å². The zero-order chi connectivity index (χ0) is 31.1. The van der Waals surface area contributed by atoms with Crippen molar-refractivity contribution in [3.8, 4) is 10.6 Å². The lowest BCUT2D eigenvalue weighted by Crippen LogP contribution is -2.42. The Morgan fingerprint density at radius 2 is 1.63 bits per heavy atom. The molecule has 0 aliphatic carbocycles. The lowest BCUT2D eigenvalue weighted by Gasteiger charge is -2.34. The number of halogens is 1. The third-order valence-corrected chi connectivity index (χ3v) is 12.7. The fourth-order valence-corrected chi connectivity index (χ4v) is 10.7. The molecule has 1 saturated heterocycles. The van der Waals surface area contributed by atoms with Crippen molar-refractivity contribution in [2.75, 3.05) is 25.0 Å². The summed E-state index contributed by atoms with van der Waals surface area (Å²) in [5.41, 5.74) is 4.92. The fourth-order valence-electron chi connectivity index (χ4n) is 6.63. The molecule has 0 saturated carbocycles. The number of thiophene rings is 1. The Kier molecular flexibility index (Phi) is 9.66. The minimum absolute atomic E-state index is 0. The summed E-state index contributed by atoms with van der Waals surface area (Å²) in [7, 11) is -3.62. The summed E-state index contributed by atoms with van der Waals surface area (Å²) in [4.78, 5) is 22.5. The quantitative estimate of drug-likeness (QED) is 0.187. The zero-order valence-electron chi connectivity index (χ0n) is 25.8. The molecule has 7 nitrogen and oxygen atoms in total. The second-order valence-corrected chi connectivity index (χ2v) is 16.5. The Labute approximate surface area is 284 Å². The first-order chi connectivity index (χ1) is 21.7. The molecule has 4 heterocycles. The number of piperidine rings is 1. The van der Waals surface area contributed by atoms with E-state index < -0.39 is 10.0 Å². The molecule has 0 radical (unpaired) electrons. The van der Waals surface area contributed by atoms with E-state index in [1.54, 1.807) is 51.2 Å². The Hall–Kier alpha value is -3.12. The summed E-state index contributed by atoms with van der Waals surface area (Å²) in [6.07, 6.45) is 1.90. The number of sulfonamides is 1. The summed E-state index contributed by atoms with van der Waals surface area (Å²) in [5, 5.41) is 4.89. The molecule has 2 aromatic heterocycles. The van der Waals surface area contributed by atoms with Crippen molar-refractivity contribution in [2.45, 2.75) is 44.7 Å². The van der Waals surface area contributed by atoms with Crippen molar-refractivity contribution in [3.05, 3.63) is 100 Å². The van der Waals surface area contributed by atoms with Gasteiger partial charge in [-0.05, 0) is 72.2 Å². The lowest BCUT2D eigenvalue weighted by atomic mass is 9.94. The van der Waals surface area contributed by atoms with Crippen LogP contribution in [0.15, 0.2) is 83.8 Å². The number of carbonyl (C=O) groups is 1. The van der Waals surface area contributed by atoms with E-state index in [0.717, 1.165) is 58.3 Å². The molecule has 0 bridgehead atoms. The molecule has 7 rings (SSSR count). The molecule has 0 spiro atoms. The van der Waals surface area contributed by atoms with Gasteiger partial charge in [0.05, 0.1) is 15.1 Å². The topological polar surface area (TPSA) is 82.6 Å². The van der Waals surface area contributed by atoms with Gasteiger partial charge in [0, 0.05) is 48.7 Å². The molecule has 1 amide bonds. The van der Waals surface area contributed by atoms with E-state index in [1.165, 1.54) is 16.0 Å². The average Bonchev–Trinajstić information content (AvgIpc) is 3.61. The van der Waals surface area contributed by atoms with Crippen LogP contribution in [0.4, 0.5) is 5.00 Å². The van der Waals surface area contributed by atoms with Crippen LogP contribution in [0.5, 0.6) is 0 Å². The second-order valence-electron chi connectivity index (χ2n) is 12.4. The number of hydrogen-bond acceptors (Lipinski definition) is 7. The van der Waals surface area contributed by atoms with Crippen LogP contribution in [0.1, 0.15) is 46.6 Å². The normalized spacial score (nSPS) is 19.0. The van der Waals surface area contributed by atoms with Gasteiger partial charge in [0.25, 0.3) is 5.91 Å². The number of nitrogens with one attached hydrogen (secondary N) is 1. The minimum atomic E-state index is -3.62. The number of amides is 1. The Morgan fingerprint density at radius 3 is 2.35 bits per heavy atom. The Bertz CT molecular complexity index is 1920. The molecule has 3 aromatic carbocycles. The molecular weight excluding hydrogens is 656 g/mol. The van der Waals surface area contributed by atoms with Crippen LogP contribution in [0.2, 0.25) is 0 Å². The van der Waals surface area contributed by atoms with Gasteiger partial charge in [0.2, 0.25) is 10.0 Å². The van der Waals surface area contributed by atoms with Crippen LogP contribution < -0.4 is 5.32 Å². The molecule has 2 aliphatic heterocycles. The SMILES string of the molecule is CC1CC(C)CN(S(=O)(=O)c2ccc(C(=O)Nc3sc4c(c3-c3nc5ccccc5s3)CCN(Cc3ccccc3)C4)cc2)C1.Cl. The Balaban J connectivity index is 0.00000372. The molecule has 1 fully saturated rings.